The Morgan fingerprint density at radius 2 is 0.891 bits per heavy atom. The maximum absolute atomic E-state index is 7.25. The molecule has 9 rings (SSSR count). The Kier molecular flexibility index (Phi) is 7.05. The maximum Gasteiger partial charge on any atom is 0.148 e. The molecule has 0 radical (unpaired) electrons. The van der Waals surface area contributed by atoms with Gasteiger partial charge in [-0.05, 0) is 58.4 Å². The zero-order valence-corrected chi connectivity index (χ0v) is 34.3. The molecule has 5 aromatic heterocycles. The molecule has 0 saturated carbocycles. The highest BCUT2D eigenvalue weighted by Crippen LogP contribution is 2.48. The SMILES string of the molecule is C=Cc1ccc2c(c1)nc(C(C)(C)C)n1c3cc(C(C)(C)C)c4oc5c(C(C)(C)C)cc6c(nc7c8ccc(C=C)cc8nc(C(C)(C)C)n67)c5c4c3nc21. The van der Waals surface area contributed by atoms with Crippen molar-refractivity contribution < 1.29 is 4.42 Å². The van der Waals surface area contributed by atoms with Gasteiger partial charge in [0.1, 0.15) is 45.1 Å². The molecule has 0 saturated heterocycles. The van der Waals surface area contributed by atoms with E-state index in [9.17, 15) is 0 Å². The van der Waals surface area contributed by atoms with Gasteiger partial charge in [0.2, 0.25) is 0 Å². The minimum Gasteiger partial charge on any atom is -0.455 e. The number of nitrogens with zero attached hydrogens (tertiary/aromatic N) is 6. The molecule has 0 atom stereocenters. The van der Waals surface area contributed by atoms with Gasteiger partial charge in [-0.3, -0.25) is 8.80 Å². The van der Waals surface area contributed by atoms with Crippen LogP contribution in [0.25, 0.3) is 89.3 Å². The van der Waals surface area contributed by atoms with Crippen molar-refractivity contribution in [3.05, 3.63) is 95.6 Å². The average molecular weight is 727 g/mol. The number of aromatic nitrogens is 6. The molecule has 7 heteroatoms. The van der Waals surface area contributed by atoms with Crippen molar-refractivity contribution >= 4 is 89.3 Å². The number of rotatable bonds is 2. The third kappa shape index (κ3) is 5.01. The standard InChI is InChI=1S/C48H50N6O/c1-15-25-17-19-27-31(21-25)49-43(47(9,10)11)53-33-23-29(45(3,4)5)39-35(37(33)51-41(27)53)36-38-34(24-30(40(36)55-39)46(6,7)8)54-42(52-38)28-20-18-26(16-2)22-32(28)50-44(54)48(12,13)14/h15-24H,1-2H2,3-14H3. The van der Waals surface area contributed by atoms with Crippen LogP contribution in [0.5, 0.6) is 0 Å². The van der Waals surface area contributed by atoms with Crippen LogP contribution in [-0.2, 0) is 21.7 Å². The first-order chi connectivity index (χ1) is 25.7. The Bertz CT molecular complexity index is 2950. The summed E-state index contributed by atoms with van der Waals surface area (Å²) in [6.07, 6.45) is 3.74. The molecule has 9 aromatic rings. The third-order valence-electron chi connectivity index (χ3n) is 11.1. The van der Waals surface area contributed by atoms with Crippen LogP contribution in [0, 0.1) is 0 Å². The molecule has 0 amide bonds. The Morgan fingerprint density at radius 1 is 0.509 bits per heavy atom. The van der Waals surface area contributed by atoms with Gasteiger partial charge in [0, 0.05) is 32.7 Å². The largest absolute Gasteiger partial charge is 0.455 e. The lowest BCUT2D eigenvalue weighted by atomic mass is 9.84. The Morgan fingerprint density at radius 3 is 1.22 bits per heavy atom. The van der Waals surface area contributed by atoms with E-state index >= 15 is 0 Å². The van der Waals surface area contributed by atoms with Crippen LogP contribution >= 0.6 is 0 Å². The van der Waals surface area contributed by atoms with E-state index < -0.39 is 0 Å². The molecule has 4 aromatic carbocycles. The van der Waals surface area contributed by atoms with E-state index in [4.69, 9.17) is 24.4 Å². The molecular weight excluding hydrogens is 677 g/mol. The highest BCUT2D eigenvalue weighted by Gasteiger charge is 2.33. The molecule has 0 bridgehead atoms. The van der Waals surface area contributed by atoms with Gasteiger partial charge in [-0.1, -0.05) is 121 Å². The van der Waals surface area contributed by atoms with Crippen LogP contribution in [0.1, 0.15) is 117 Å². The molecule has 5 heterocycles. The minimum absolute atomic E-state index is 0.252. The van der Waals surface area contributed by atoms with Crippen LogP contribution in [-0.4, -0.2) is 28.7 Å². The molecule has 55 heavy (non-hydrogen) atoms. The Balaban J connectivity index is 1.60. The summed E-state index contributed by atoms with van der Waals surface area (Å²) >= 11 is 0. The average Bonchev–Trinajstić information content (AvgIpc) is 3.79. The lowest BCUT2D eigenvalue weighted by molar-refractivity contribution is 0.542. The Hall–Kier alpha value is -5.56. The summed E-state index contributed by atoms with van der Waals surface area (Å²) in [4.78, 5) is 21.9. The quantitative estimate of drug-likeness (QED) is 0.177. The number of fused-ring (bicyclic) bond motifs is 15. The first kappa shape index (κ1) is 35.2. The molecule has 7 nitrogen and oxygen atoms in total. The number of furan rings is 1. The molecular formula is C48H50N6O. The molecule has 278 valence electrons. The van der Waals surface area contributed by atoms with Crippen LogP contribution in [0.15, 0.2) is 66.1 Å². The Labute approximate surface area is 321 Å². The zero-order chi connectivity index (χ0) is 39.3. The predicted octanol–water partition coefficient (Wildman–Crippen LogP) is 12.8. The molecule has 0 unspecified atom stereocenters. The van der Waals surface area contributed by atoms with Crippen molar-refractivity contribution in [1.29, 1.82) is 0 Å². The lowest BCUT2D eigenvalue weighted by Crippen LogP contribution is -2.19. The summed E-state index contributed by atoms with van der Waals surface area (Å²) in [6.45, 7) is 34.9. The normalized spacial score (nSPS) is 13.6. The van der Waals surface area contributed by atoms with E-state index in [1.165, 1.54) is 0 Å². The topological polar surface area (TPSA) is 73.5 Å². The van der Waals surface area contributed by atoms with E-state index in [-0.39, 0.29) is 21.7 Å². The van der Waals surface area contributed by atoms with Gasteiger partial charge in [-0.15, -0.1) is 0 Å². The highest BCUT2D eigenvalue weighted by atomic mass is 16.3. The summed E-state index contributed by atoms with van der Waals surface area (Å²) in [6, 6.07) is 17.3. The van der Waals surface area contributed by atoms with E-state index in [0.717, 1.165) is 111 Å². The smallest absolute Gasteiger partial charge is 0.148 e. The molecule has 0 aliphatic rings. The first-order valence-electron chi connectivity index (χ1n) is 19.3. The predicted molar refractivity (Wildman–Crippen MR) is 232 cm³/mol. The summed E-state index contributed by atoms with van der Waals surface area (Å²) < 4.78 is 11.8. The van der Waals surface area contributed by atoms with Gasteiger partial charge in [0.05, 0.1) is 32.8 Å². The number of benzene rings is 4. The van der Waals surface area contributed by atoms with Crippen molar-refractivity contribution in [2.75, 3.05) is 0 Å². The van der Waals surface area contributed by atoms with Gasteiger partial charge in [-0.2, -0.15) is 0 Å². The van der Waals surface area contributed by atoms with Crippen molar-refractivity contribution in [3.8, 4) is 0 Å². The molecule has 0 aliphatic heterocycles. The van der Waals surface area contributed by atoms with E-state index in [1.807, 2.05) is 12.2 Å². The molecule has 0 spiro atoms. The number of imidazole rings is 2. The summed E-state index contributed by atoms with van der Waals surface area (Å²) in [7, 11) is 0. The van der Waals surface area contributed by atoms with E-state index in [1.54, 1.807) is 0 Å². The third-order valence-corrected chi connectivity index (χ3v) is 11.1. The summed E-state index contributed by atoms with van der Waals surface area (Å²) in [5, 5.41) is 3.96. The monoisotopic (exact) mass is 726 g/mol. The van der Waals surface area contributed by atoms with Gasteiger partial charge in [-0.25, -0.2) is 19.9 Å². The van der Waals surface area contributed by atoms with Crippen molar-refractivity contribution in [2.45, 2.75) is 105 Å². The fourth-order valence-electron chi connectivity index (χ4n) is 8.32. The van der Waals surface area contributed by atoms with E-state index in [2.05, 4.69) is 154 Å². The highest BCUT2D eigenvalue weighted by molar-refractivity contribution is 6.27. The first-order valence-corrected chi connectivity index (χ1v) is 19.3. The van der Waals surface area contributed by atoms with Gasteiger partial charge in [0.15, 0.2) is 0 Å². The van der Waals surface area contributed by atoms with Crippen molar-refractivity contribution in [1.82, 2.24) is 28.7 Å². The molecule has 0 N–H and O–H groups in total. The second kappa shape index (κ2) is 11.0. The lowest BCUT2D eigenvalue weighted by Gasteiger charge is -2.22. The van der Waals surface area contributed by atoms with Crippen LogP contribution in [0.4, 0.5) is 0 Å². The second-order valence-electron chi connectivity index (χ2n) is 19.5. The van der Waals surface area contributed by atoms with Crippen LogP contribution < -0.4 is 0 Å². The molecule has 0 aliphatic carbocycles. The second-order valence-corrected chi connectivity index (χ2v) is 19.5. The summed E-state index contributed by atoms with van der Waals surface area (Å²) in [5.41, 5.74) is 12.3. The van der Waals surface area contributed by atoms with E-state index in [0.29, 0.717) is 0 Å². The zero-order valence-electron chi connectivity index (χ0n) is 34.3. The van der Waals surface area contributed by atoms with Crippen molar-refractivity contribution in [3.63, 3.8) is 0 Å². The number of hydrogen-bond acceptors (Lipinski definition) is 5. The van der Waals surface area contributed by atoms with Crippen LogP contribution in [0.2, 0.25) is 0 Å². The summed E-state index contributed by atoms with van der Waals surface area (Å²) in [5.74, 6) is 1.90. The van der Waals surface area contributed by atoms with Gasteiger partial charge in [0.25, 0.3) is 0 Å². The fourth-order valence-corrected chi connectivity index (χ4v) is 8.32. The van der Waals surface area contributed by atoms with Crippen LogP contribution in [0.3, 0.4) is 0 Å². The maximum atomic E-state index is 7.25. The van der Waals surface area contributed by atoms with Gasteiger partial charge >= 0.3 is 0 Å². The van der Waals surface area contributed by atoms with Gasteiger partial charge < -0.3 is 4.42 Å². The molecule has 0 fully saturated rings. The minimum atomic E-state index is -0.281. The fraction of sp³-hybridized carbons (Fsp3) is 0.333. The van der Waals surface area contributed by atoms with Crippen molar-refractivity contribution in [2.24, 2.45) is 0 Å². The number of hydrogen-bond donors (Lipinski definition) is 0.